The molecule has 0 saturated heterocycles. The van der Waals surface area contributed by atoms with Crippen LogP contribution in [0.4, 0.5) is 11.4 Å². The molecule has 3 aromatic rings. The molecule has 1 heterocycles. The number of nitrogens with zero attached hydrogens (tertiary/aromatic N) is 3. The Labute approximate surface area is 165 Å². The van der Waals surface area contributed by atoms with Gasteiger partial charge < -0.3 is 4.90 Å². The summed E-state index contributed by atoms with van der Waals surface area (Å²) in [6, 6.07) is 26.7. The second-order valence-electron chi connectivity index (χ2n) is 7.17. The average molecular weight is 369 g/mol. The van der Waals surface area contributed by atoms with E-state index < -0.39 is 0 Å². The number of hydrazone groups is 1. The summed E-state index contributed by atoms with van der Waals surface area (Å²) in [6.45, 7) is 0. The fourth-order valence-corrected chi connectivity index (χ4v) is 3.52. The van der Waals surface area contributed by atoms with Crippen molar-refractivity contribution in [3.05, 3.63) is 95.6 Å². The van der Waals surface area contributed by atoms with Crippen molar-refractivity contribution in [2.75, 3.05) is 24.0 Å². The van der Waals surface area contributed by atoms with Crippen molar-refractivity contribution in [1.82, 2.24) is 0 Å². The standard InChI is InChI=1S/C24H23N3O/c1-26(2)21-14-10-19(11-15-21)23-16-24(20-6-4-3-5-7-20)27(25-23)22-12-8-18(17-28)9-13-22/h3-15,17,24H,16H2,1-2H3/t24-/m0/s1. The topological polar surface area (TPSA) is 35.9 Å². The van der Waals surface area contributed by atoms with Gasteiger partial charge in [-0.15, -0.1) is 0 Å². The SMILES string of the molecule is CN(C)c1ccc(C2=NN(c3ccc(C=O)cc3)[C@H](c3ccccc3)C2)cc1. The van der Waals surface area contributed by atoms with Gasteiger partial charge in [0.1, 0.15) is 6.29 Å². The second-order valence-corrected chi connectivity index (χ2v) is 7.17. The van der Waals surface area contributed by atoms with Gasteiger partial charge in [0.05, 0.1) is 17.4 Å². The molecular weight excluding hydrogens is 346 g/mol. The fraction of sp³-hybridized carbons (Fsp3) is 0.167. The number of carbonyl (C=O) groups is 1. The van der Waals surface area contributed by atoms with Gasteiger partial charge in [-0.1, -0.05) is 42.5 Å². The van der Waals surface area contributed by atoms with Crippen LogP contribution >= 0.6 is 0 Å². The van der Waals surface area contributed by atoms with Crippen LogP contribution in [-0.2, 0) is 0 Å². The zero-order chi connectivity index (χ0) is 19.5. The lowest BCUT2D eigenvalue weighted by Crippen LogP contribution is -2.18. The summed E-state index contributed by atoms with van der Waals surface area (Å²) in [5.41, 5.74) is 6.26. The Morgan fingerprint density at radius 2 is 1.61 bits per heavy atom. The first-order chi connectivity index (χ1) is 13.7. The van der Waals surface area contributed by atoms with Crippen molar-refractivity contribution in [3.8, 4) is 0 Å². The summed E-state index contributed by atoms with van der Waals surface area (Å²) < 4.78 is 0. The molecule has 1 aliphatic heterocycles. The van der Waals surface area contributed by atoms with Crippen molar-refractivity contribution in [3.63, 3.8) is 0 Å². The Morgan fingerprint density at radius 3 is 2.21 bits per heavy atom. The van der Waals surface area contributed by atoms with E-state index in [1.165, 1.54) is 11.3 Å². The van der Waals surface area contributed by atoms with E-state index in [1.807, 2.05) is 44.4 Å². The molecule has 4 heteroatoms. The van der Waals surface area contributed by atoms with Gasteiger partial charge in [0.25, 0.3) is 0 Å². The number of aldehydes is 1. The van der Waals surface area contributed by atoms with Gasteiger partial charge in [-0.3, -0.25) is 9.80 Å². The molecule has 0 unspecified atom stereocenters. The maximum atomic E-state index is 11.0. The monoisotopic (exact) mass is 369 g/mol. The summed E-state index contributed by atoms with van der Waals surface area (Å²) in [5, 5.41) is 7.03. The van der Waals surface area contributed by atoms with E-state index in [0.717, 1.165) is 29.7 Å². The molecule has 0 fully saturated rings. The van der Waals surface area contributed by atoms with Gasteiger partial charge in [-0.2, -0.15) is 5.10 Å². The smallest absolute Gasteiger partial charge is 0.150 e. The van der Waals surface area contributed by atoms with E-state index in [0.29, 0.717) is 5.56 Å². The molecule has 1 atom stereocenters. The molecule has 1 aliphatic rings. The first kappa shape index (κ1) is 18.0. The molecular formula is C24H23N3O. The van der Waals surface area contributed by atoms with E-state index in [-0.39, 0.29) is 6.04 Å². The minimum absolute atomic E-state index is 0.131. The quantitative estimate of drug-likeness (QED) is 0.599. The highest BCUT2D eigenvalue weighted by molar-refractivity contribution is 6.03. The van der Waals surface area contributed by atoms with Gasteiger partial charge in [-0.05, 0) is 47.5 Å². The van der Waals surface area contributed by atoms with Gasteiger partial charge in [0.2, 0.25) is 0 Å². The van der Waals surface area contributed by atoms with Crippen molar-refractivity contribution in [2.45, 2.75) is 12.5 Å². The molecule has 140 valence electrons. The Kier molecular flexibility index (Phi) is 4.94. The average Bonchev–Trinajstić information content (AvgIpc) is 3.20. The Morgan fingerprint density at radius 1 is 0.929 bits per heavy atom. The van der Waals surface area contributed by atoms with Crippen LogP contribution in [0.1, 0.15) is 33.9 Å². The third-order valence-electron chi connectivity index (χ3n) is 5.11. The normalized spacial score (nSPS) is 16.0. The first-order valence-electron chi connectivity index (χ1n) is 9.40. The van der Waals surface area contributed by atoms with Crippen LogP contribution in [-0.4, -0.2) is 26.1 Å². The molecule has 0 amide bonds. The summed E-state index contributed by atoms with van der Waals surface area (Å²) in [4.78, 5) is 13.1. The van der Waals surface area contributed by atoms with Crippen LogP contribution in [0.15, 0.2) is 84.0 Å². The molecule has 4 rings (SSSR count). The molecule has 0 aliphatic carbocycles. The number of benzene rings is 3. The number of anilines is 2. The molecule has 28 heavy (non-hydrogen) atoms. The van der Waals surface area contributed by atoms with Crippen LogP contribution in [0, 0.1) is 0 Å². The van der Waals surface area contributed by atoms with Crippen molar-refractivity contribution in [1.29, 1.82) is 0 Å². The zero-order valence-corrected chi connectivity index (χ0v) is 16.1. The lowest BCUT2D eigenvalue weighted by Gasteiger charge is -2.24. The number of carbonyl (C=O) groups excluding carboxylic acids is 1. The molecule has 0 bridgehead atoms. The number of rotatable bonds is 5. The van der Waals surface area contributed by atoms with Crippen molar-refractivity contribution in [2.24, 2.45) is 5.10 Å². The van der Waals surface area contributed by atoms with Crippen LogP contribution in [0.3, 0.4) is 0 Å². The van der Waals surface area contributed by atoms with Crippen LogP contribution in [0.5, 0.6) is 0 Å². The van der Waals surface area contributed by atoms with Gasteiger partial charge in [0, 0.05) is 31.8 Å². The minimum atomic E-state index is 0.131. The third-order valence-corrected chi connectivity index (χ3v) is 5.11. The molecule has 0 spiro atoms. The van der Waals surface area contributed by atoms with Crippen LogP contribution < -0.4 is 9.91 Å². The Bertz CT molecular complexity index is 977. The van der Waals surface area contributed by atoms with E-state index >= 15 is 0 Å². The lowest BCUT2D eigenvalue weighted by atomic mass is 9.98. The minimum Gasteiger partial charge on any atom is -0.378 e. The molecule has 0 aromatic heterocycles. The van der Waals surface area contributed by atoms with E-state index in [4.69, 9.17) is 5.10 Å². The predicted molar refractivity (Wildman–Crippen MR) is 115 cm³/mol. The highest BCUT2D eigenvalue weighted by atomic mass is 16.1. The molecule has 0 N–H and O–H groups in total. The lowest BCUT2D eigenvalue weighted by molar-refractivity contribution is 0.112. The highest BCUT2D eigenvalue weighted by Gasteiger charge is 2.29. The summed E-state index contributed by atoms with van der Waals surface area (Å²) in [5.74, 6) is 0. The molecule has 0 radical (unpaired) electrons. The van der Waals surface area contributed by atoms with E-state index in [1.54, 1.807) is 0 Å². The largest absolute Gasteiger partial charge is 0.378 e. The Hall–Kier alpha value is -3.40. The van der Waals surface area contributed by atoms with Gasteiger partial charge in [-0.25, -0.2) is 0 Å². The van der Waals surface area contributed by atoms with E-state index in [2.05, 4.69) is 58.4 Å². The second kappa shape index (κ2) is 7.69. The highest BCUT2D eigenvalue weighted by Crippen LogP contribution is 2.36. The molecule has 3 aromatic carbocycles. The van der Waals surface area contributed by atoms with Crippen molar-refractivity contribution < 1.29 is 4.79 Å². The number of hydrogen-bond donors (Lipinski definition) is 0. The third kappa shape index (κ3) is 3.54. The van der Waals surface area contributed by atoms with Crippen molar-refractivity contribution >= 4 is 23.4 Å². The van der Waals surface area contributed by atoms with Crippen LogP contribution in [0.25, 0.3) is 0 Å². The first-order valence-corrected chi connectivity index (χ1v) is 9.40. The zero-order valence-electron chi connectivity index (χ0n) is 16.1. The summed E-state index contributed by atoms with van der Waals surface area (Å²) >= 11 is 0. The Balaban J connectivity index is 1.70. The van der Waals surface area contributed by atoms with Gasteiger partial charge >= 0.3 is 0 Å². The maximum Gasteiger partial charge on any atom is 0.150 e. The molecule has 0 saturated carbocycles. The van der Waals surface area contributed by atoms with E-state index in [9.17, 15) is 4.79 Å². The van der Waals surface area contributed by atoms with Crippen LogP contribution in [0.2, 0.25) is 0 Å². The van der Waals surface area contributed by atoms with Gasteiger partial charge in [0.15, 0.2) is 0 Å². The number of hydrogen-bond acceptors (Lipinski definition) is 4. The maximum absolute atomic E-state index is 11.0. The predicted octanol–water partition coefficient (Wildman–Crippen LogP) is 4.92. The molecule has 4 nitrogen and oxygen atoms in total. The summed E-state index contributed by atoms with van der Waals surface area (Å²) in [7, 11) is 4.08. The summed E-state index contributed by atoms with van der Waals surface area (Å²) in [6.07, 6.45) is 1.70. The fourth-order valence-electron chi connectivity index (χ4n) is 3.52.